The number of amides is 1. The van der Waals surface area contributed by atoms with Gasteiger partial charge in [-0.1, -0.05) is 24.3 Å². The third-order valence-corrected chi connectivity index (χ3v) is 5.20. The van der Waals surface area contributed by atoms with E-state index in [1.165, 1.54) is 0 Å². The monoisotopic (exact) mass is 363 g/mol. The molecular weight excluding hydrogens is 338 g/mol. The van der Waals surface area contributed by atoms with Crippen molar-refractivity contribution in [1.29, 1.82) is 0 Å². The smallest absolute Gasteiger partial charge is 0.223 e. The molecule has 5 nitrogen and oxygen atoms in total. The Bertz CT molecular complexity index is 871. The molecule has 27 heavy (non-hydrogen) atoms. The lowest BCUT2D eigenvalue weighted by atomic mass is 9.93. The first-order chi connectivity index (χ1) is 13.1. The molecule has 0 bridgehead atoms. The molecule has 0 saturated carbocycles. The molecule has 2 atom stereocenters. The number of fused-ring (bicyclic) bond motifs is 1. The van der Waals surface area contributed by atoms with Crippen LogP contribution in [0, 0.1) is 19.8 Å². The van der Waals surface area contributed by atoms with Crippen LogP contribution in [-0.4, -0.2) is 28.5 Å². The summed E-state index contributed by atoms with van der Waals surface area (Å²) in [5, 5.41) is 3.08. The van der Waals surface area contributed by atoms with Gasteiger partial charge in [0.15, 0.2) is 5.82 Å². The fourth-order valence-electron chi connectivity index (χ4n) is 3.87. The fourth-order valence-corrected chi connectivity index (χ4v) is 3.87. The molecule has 1 aliphatic carbocycles. The topological polar surface area (TPSA) is 64.1 Å². The maximum absolute atomic E-state index is 12.4. The van der Waals surface area contributed by atoms with E-state index in [0.717, 1.165) is 53.9 Å². The molecule has 0 fully saturated rings. The van der Waals surface area contributed by atoms with Crippen molar-refractivity contribution >= 4 is 5.91 Å². The quantitative estimate of drug-likeness (QED) is 0.844. The van der Waals surface area contributed by atoms with E-state index in [2.05, 4.69) is 33.5 Å². The van der Waals surface area contributed by atoms with Gasteiger partial charge in [-0.2, -0.15) is 0 Å². The van der Waals surface area contributed by atoms with Crippen LogP contribution in [0.2, 0.25) is 0 Å². The summed E-state index contributed by atoms with van der Waals surface area (Å²) in [5.41, 5.74) is 3.96. The predicted octanol–water partition coefficient (Wildman–Crippen LogP) is 3.54. The first-order valence-electron chi connectivity index (χ1n) is 9.64. The Morgan fingerprint density at radius 2 is 2.04 bits per heavy atom. The molecule has 1 N–H and O–H groups in total. The maximum atomic E-state index is 12.4. The lowest BCUT2D eigenvalue weighted by Crippen LogP contribution is -2.38. The number of nitrogens with zero attached hydrogens (tertiary/aromatic N) is 2. The lowest BCUT2D eigenvalue weighted by Gasteiger charge is -2.19. The standard InChI is InChI=1S/C22H25N3O2/c1-14-11-15(2)25-21(24-14)19-10-6-9-17-12-18(27-20(17)19)13-23-22(26)16-7-4-3-5-8-16/h3-4,6,9-11,16,18H,5,7-8,12-13H2,1-2H3,(H,23,26)/t16-,18-/m0/s1. The average Bonchev–Trinajstić information content (AvgIpc) is 3.09. The Kier molecular flexibility index (Phi) is 4.92. The third-order valence-electron chi connectivity index (χ3n) is 5.20. The highest BCUT2D eigenvalue weighted by Gasteiger charge is 2.28. The Hall–Kier alpha value is -2.69. The van der Waals surface area contributed by atoms with Crippen LogP contribution in [0.25, 0.3) is 11.4 Å². The number of carbonyl (C=O) groups is 1. The van der Waals surface area contributed by atoms with Crippen LogP contribution in [0.3, 0.4) is 0 Å². The van der Waals surface area contributed by atoms with Gasteiger partial charge in [-0.05, 0) is 50.8 Å². The van der Waals surface area contributed by atoms with Gasteiger partial charge in [0.1, 0.15) is 11.9 Å². The van der Waals surface area contributed by atoms with Crippen LogP contribution in [-0.2, 0) is 11.2 Å². The van der Waals surface area contributed by atoms with E-state index in [0.29, 0.717) is 12.4 Å². The molecule has 1 aromatic carbocycles. The van der Waals surface area contributed by atoms with Crippen molar-refractivity contribution in [2.24, 2.45) is 5.92 Å². The number of rotatable bonds is 4. The number of nitrogens with one attached hydrogen (secondary N) is 1. The van der Waals surface area contributed by atoms with E-state index in [1.54, 1.807) is 0 Å². The minimum Gasteiger partial charge on any atom is -0.487 e. The summed E-state index contributed by atoms with van der Waals surface area (Å²) in [4.78, 5) is 21.5. The van der Waals surface area contributed by atoms with Gasteiger partial charge >= 0.3 is 0 Å². The van der Waals surface area contributed by atoms with Gasteiger partial charge in [0, 0.05) is 23.7 Å². The molecular formula is C22H25N3O2. The molecule has 0 radical (unpaired) electrons. The zero-order valence-corrected chi connectivity index (χ0v) is 15.9. The third kappa shape index (κ3) is 3.87. The van der Waals surface area contributed by atoms with Gasteiger partial charge < -0.3 is 10.1 Å². The van der Waals surface area contributed by atoms with E-state index in [1.807, 2.05) is 32.0 Å². The van der Waals surface area contributed by atoms with Crippen molar-refractivity contribution in [1.82, 2.24) is 15.3 Å². The highest BCUT2D eigenvalue weighted by atomic mass is 16.5. The summed E-state index contributed by atoms with van der Waals surface area (Å²) in [6, 6.07) is 8.07. The second-order valence-corrected chi connectivity index (χ2v) is 7.44. The number of aryl methyl sites for hydroxylation is 2. The van der Waals surface area contributed by atoms with Crippen LogP contribution in [0.5, 0.6) is 5.75 Å². The Morgan fingerprint density at radius 3 is 2.78 bits per heavy atom. The summed E-state index contributed by atoms with van der Waals surface area (Å²) in [6.07, 6.45) is 7.76. The summed E-state index contributed by atoms with van der Waals surface area (Å²) in [7, 11) is 0. The van der Waals surface area contributed by atoms with Gasteiger partial charge in [0.25, 0.3) is 0 Å². The van der Waals surface area contributed by atoms with Crippen molar-refractivity contribution in [2.75, 3.05) is 6.54 Å². The first-order valence-corrected chi connectivity index (χ1v) is 9.64. The highest BCUT2D eigenvalue weighted by molar-refractivity contribution is 5.79. The molecule has 2 aromatic rings. The molecule has 2 heterocycles. The van der Waals surface area contributed by atoms with Crippen LogP contribution < -0.4 is 10.1 Å². The van der Waals surface area contributed by atoms with Crippen LogP contribution >= 0.6 is 0 Å². The van der Waals surface area contributed by atoms with E-state index in [9.17, 15) is 4.79 Å². The molecule has 0 unspecified atom stereocenters. The van der Waals surface area contributed by atoms with Crippen molar-refractivity contribution in [3.63, 3.8) is 0 Å². The lowest BCUT2D eigenvalue weighted by molar-refractivity contribution is -0.125. The number of carbonyl (C=O) groups excluding carboxylic acids is 1. The second kappa shape index (κ2) is 7.51. The minimum absolute atomic E-state index is 0.0462. The first kappa shape index (κ1) is 17.7. The van der Waals surface area contributed by atoms with Crippen molar-refractivity contribution < 1.29 is 9.53 Å². The number of aromatic nitrogens is 2. The second-order valence-electron chi connectivity index (χ2n) is 7.44. The van der Waals surface area contributed by atoms with Crippen LogP contribution in [0.15, 0.2) is 36.4 Å². The SMILES string of the molecule is Cc1cc(C)nc(-c2cccc3c2O[C@H](CNC(=O)[C@H]2CC=CCC2)C3)n1. The molecule has 0 spiro atoms. The van der Waals surface area contributed by atoms with E-state index in [4.69, 9.17) is 4.74 Å². The summed E-state index contributed by atoms with van der Waals surface area (Å²) in [5.74, 6) is 1.78. The number of ether oxygens (including phenoxy) is 1. The number of hydrogen-bond acceptors (Lipinski definition) is 4. The van der Waals surface area contributed by atoms with Crippen LogP contribution in [0.1, 0.15) is 36.2 Å². The average molecular weight is 363 g/mol. The molecule has 2 aliphatic rings. The Morgan fingerprint density at radius 1 is 1.22 bits per heavy atom. The van der Waals surface area contributed by atoms with Crippen molar-refractivity contribution in [3.05, 3.63) is 53.4 Å². The largest absolute Gasteiger partial charge is 0.487 e. The van der Waals surface area contributed by atoms with Gasteiger partial charge in [0.2, 0.25) is 5.91 Å². The molecule has 4 rings (SSSR count). The Balaban J connectivity index is 1.46. The fraction of sp³-hybridized carbons (Fsp3) is 0.409. The molecule has 1 amide bonds. The number of hydrogen-bond donors (Lipinski definition) is 1. The van der Waals surface area contributed by atoms with Crippen molar-refractivity contribution in [2.45, 2.75) is 45.6 Å². The zero-order chi connectivity index (χ0) is 18.8. The van der Waals surface area contributed by atoms with Gasteiger partial charge in [0.05, 0.1) is 12.1 Å². The Labute approximate surface area is 159 Å². The van der Waals surface area contributed by atoms with Crippen LogP contribution in [0.4, 0.5) is 0 Å². The van der Waals surface area contributed by atoms with E-state index in [-0.39, 0.29) is 17.9 Å². The zero-order valence-electron chi connectivity index (χ0n) is 15.9. The number of allylic oxidation sites excluding steroid dienone is 2. The van der Waals surface area contributed by atoms with E-state index < -0.39 is 0 Å². The van der Waals surface area contributed by atoms with Gasteiger partial charge in [-0.3, -0.25) is 4.79 Å². The van der Waals surface area contributed by atoms with Crippen molar-refractivity contribution in [3.8, 4) is 17.1 Å². The number of para-hydroxylation sites is 1. The number of benzene rings is 1. The summed E-state index contributed by atoms with van der Waals surface area (Å²) >= 11 is 0. The summed E-state index contributed by atoms with van der Waals surface area (Å²) < 4.78 is 6.20. The van der Waals surface area contributed by atoms with Gasteiger partial charge in [-0.25, -0.2) is 9.97 Å². The summed E-state index contributed by atoms with van der Waals surface area (Å²) in [6.45, 7) is 4.48. The van der Waals surface area contributed by atoms with Gasteiger partial charge in [-0.15, -0.1) is 0 Å². The predicted molar refractivity (Wildman–Crippen MR) is 105 cm³/mol. The normalized spacial score (nSPS) is 20.8. The molecule has 0 saturated heterocycles. The molecule has 5 heteroatoms. The maximum Gasteiger partial charge on any atom is 0.223 e. The molecule has 1 aliphatic heterocycles. The minimum atomic E-state index is -0.0462. The molecule has 140 valence electrons. The molecule has 1 aromatic heterocycles. The highest BCUT2D eigenvalue weighted by Crippen LogP contribution is 2.37. The van der Waals surface area contributed by atoms with E-state index >= 15 is 0 Å².